The van der Waals surface area contributed by atoms with E-state index >= 15 is 0 Å². The molecule has 1 aromatic heterocycles. The van der Waals surface area contributed by atoms with Crippen LogP contribution in [0.5, 0.6) is 0 Å². The van der Waals surface area contributed by atoms with Gasteiger partial charge >= 0.3 is 0 Å². The molecule has 0 aliphatic heterocycles. The zero-order chi connectivity index (χ0) is 7.56. The molecule has 0 radical (unpaired) electrons. The van der Waals surface area contributed by atoms with Crippen LogP contribution < -0.4 is 0 Å². The fourth-order valence-electron chi connectivity index (χ4n) is 0.692. The predicted octanol–water partition coefficient (Wildman–Crippen LogP) is 2.30. The molecular weight excluding hydrogens is 166 g/mol. The van der Waals surface area contributed by atoms with Crippen LogP contribution >= 0.6 is 23.8 Å². The van der Waals surface area contributed by atoms with Gasteiger partial charge in [0.25, 0.3) is 0 Å². The number of aryl methyl sites for hydroxylation is 1. The van der Waals surface area contributed by atoms with Gasteiger partial charge in [-0.05, 0) is 19.1 Å². The molecule has 0 unspecified atom stereocenters. The lowest BCUT2D eigenvalue weighted by molar-refractivity contribution is 1.19. The molecule has 0 bridgehead atoms. The van der Waals surface area contributed by atoms with Crippen LogP contribution in [0.2, 0.25) is 0 Å². The Morgan fingerprint density at radius 3 is 2.80 bits per heavy atom. The third-order valence-corrected chi connectivity index (χ3v) is 1.64. The predicted molar refractivity (Wildman–Crippen MR) is 46.5 cm³/mol. The van der Waals surface area contributed by atoms with Gasteiger partial charge in [-0.25, -0.2) is 0 Å². The Balaban J connectivity index is 3.15. The first-order valence-corrected chi connectivity index (χ1v) is 3.62. The van der Waals surface area contributed by atoms with E-state index in [1.165, 1.54) is 0 Å². The summed E-state index contributed by atoms with van der Waals surface area (Å²) in [6, 6.07) is 3.68. The SMILES string of the molecule is Cc1ncccc1C(=S)Cl. The molecule has 0 amide bonds. The number of halogens is 1. The van der Waals surface area contributed by atoms with E-state index in [1.807, 2.05) is 19.1 Å². The van der Waals surface area contributed by atoms with Gasteiger partial charge in [-0.15, -0.1) is 0 Å². The number of thiocarbonyl (C=S) groups is 1. The number of hydrogen-bond donors (Lipinski definition) is 0. The van der Waals surface area contributed by atoms with Crippen molar-refractivity contribution in [3.05, 3.63) is 29.6 Å². The van der Waals surface area contributed by atoms with Crippen molar-refractivity contribution in [1.82, 2.24) is 4.98 Å². The molecule has 0 spiro atoms. The largest absolute Gasteiger partial charge is 0.261 e. The molecule has 0 N–H and O–H groups in total. The minimum atomic E-state index is 0.380. The van der Waals surface area contributed by atoms with E-state index in [9.17, 15) is 0 Å². The number of aromatic nitrogens is 1. The van der Waals surface area contributed by atoms with Gasteiger partial charge in [0, 0.05) is 17.5 Å². The molecule has 0 fully saturated rings. The van der Waals surface area contributed by atoms with Crippen LogP contribution in [0, 0.1) is 6.92 Å². The van der Waals surface area contributed by atoms with Crippen LogP contribution in [0.4, 0.5) is 0 Å². The highest BCUT2D eigenvalue weighted by molar-refractivity contribution is 7.83. The van der Waals surface area contributed by atoms with Gasteiger partial charge in [0.05, 0.1) is 0 Å². The summed E-state index contributed by atoms with van der Waals surface area (Å²) in [5.41, 5.74) is 1.72. The molecule has 1 nitrogen and oxygen atoms in total. The lowest BCUT2D eigenvalue weighted by atomic mass is 10.2. The Bertz CT molecular complexity index is 260. The molecule has 3 heteroatoms. The highest BCUT2D eigenvalue weighted by Crippen LogP contribution is 2.07. The van der Waals surface area contributed by atoms with Crippen LogP contribution in [0.15, 0.2) is 18.3 Å². The van der Waals surface area contributed by atoms with Gasteiger partial charge in [0.2, 0.25) is 0 Å². The van der Waals surface area contributed by atoms with Crippen LogP contribution in [0.25, 0.3) is 0 Å². The summed E-state index contributed by atoms with van der Waals surface area (Å²) in [6.07, 6.45) is 1.72. The first-order valence-electron chi connectivity index (χ1n) is 2.83. The van der Waals surface area contributed by atoms with Crippen molar-refractivity contribution in [2.24, 2.45) is 0 Å². The van der Waals surface area contributed by atoms with Crippen LogP contribution in [-0.2, 0) is 0 Å². The number of pyridine rings is 1. The molecule has 0 aromatic carbocycles. The van der Waals surface area contributed by atoms with Crippen molar-refractivity contribution < 1.29 is 0 Å². The average molecular weight is 172 g/mol. The van der Waals surface area contributed by atoms with E-state index in [2.05, 4.69) is 4.98 Å². The second-order valence-electron chi connectivity index (χ2n) is 1.91. The minimum Gasteiger partial charge on any atom is -0.261 e. The lowest BCUT2D eigenvalue weighted by Crippen LogP contribution is -1.93. The molecule has 0 saturated carbocycles. The Labute approximate surface area is 70.0 Å². The van der Waals surface area contributed by atoms with Gasteiger partial charge in [-0.1, -0.05) is 23.8 Å². The maximum Gasteiger partial charge on any atom is 0.112 e. The monoisotopic (exact) mass is 171 g/mol. The Morgan fingerprint density at radius 2 is 2.40 bits per heavy atom. The number of rotatable bonds is 1. The van der Waals surface area contributed by atoms with E-state index < -0.39 is 0 Å². The summed E-state index contributed by atoms with van der Waals surface area (Å²) >= 11 is 10.4. The highest BCUT2D eigenvalue weighted by atomic mass is 35.5. The highest BCUT2D eigenvalue weighted by Gasteiger charge is 1.99. The Kier molecular flexibility index (Phi) is 2.35. The summed E-state index contributed by atoms with van der Waals surface area (Å²) in [5.74, 6) is 0. The zero-order valence-corrected chi connectivity index (χ0v) is 7.04. The van der Waals surface area contributed by atoms with Crippen molar-refractivity contribution in [3.63, 3.8) is 0 Å². The first kappa shape index (κ1) is 7.63. The second kappa shape index (κ2) is 3.08. The van der Waals surface area contributed by atoms with Gasteiger partial charge in [-0.3, -0.25) is 4.98 Å². The molecule has 0 aliphatic carbocycles. The fraction of sp³-hybridized carbons (Fsp3) is 0.143. The summed E-state index contributed by atoms with van der Waals surface area (Å²) in [7, 11) is 0. The summed E-state index contributed by atoms with van der Waals surface area (Å²) in [5, 5.41) is 0. The number of hydrogen-bond acceptors (Lipinski definition) is 2. The molecule has 0 saturated heterocycles. The van der Waals surface area contributed by atoms with E-state index in [0.717, 1.165) is 11.3 Å². The molecule has 0 atom stereocenters. The molecule has 52 valence electrons. The molecule has 0 aliphatic rings. The Morgan fingerprint density at radius 1 is 1.70 bits per heavy atom. The van der Waals surface area contributed by atoms with Crippen molar-refractivity contribution >= 4 is 28.1 Å². The van der Waals surface area contributed by atoms with Crippen molar-refractivity contribution in [2.75, 3.05) is 0 Å². The van der Waals surface area contributed by atoms with Gasteiger partial charge in [0.1, 0.15) is 4.32 Å². The molecular formula is C7H6ClNS. The second-order valence-corrected chi connectivity index (χ2v) is 2.92. The van der Waals surface area contributed by atoms with Crippen molar-refractivity contribution in [2.45, 2.75) is 6.92 Å². The fourth-order valence-corrected chi connectivity index (χ4v) is 1.11. The third-order valence-electron chi connectivity index (χ3n) is 1.22. The minimum absolute atomic E-state index is 0.380. The molecule has 10 heavy (non-hydrogen) atoms. The maximum absolute atomic E-state index is 5.60. The maximum atomic E-state index is 5.60. The summed E-state index contributed by atoms with van der Waals surface area (Å²) in [6.45, 7) is 1.88. The summed E-state index contributed by atoms with van der Waals surface area (Å²) < 4.78 is 0.380. The first-order chi connectivity index (χ1) is 4.72. The topological polar surface area (TPSA) is 12.9 Å². The smallest absolute Gasteiger partial charge is 0.112 e. The zero-order valence-electron chi connectivity index (χ0n) is 5.47. The van der Waals surface area contributed by atoms with Gasteiger partial charge < -0.3 is 0 Å². The third kappa shape index (κ3) is 1.52. The van der Waals surface area contributed by atoms with E-state index in [-0.39, 0.29) is 0 Å². The van der Waals surface area contributed by atoms with Gasteiger partial charge in [0.15, 0.2) is 0 Å². The van der Waals surface area contributed by atoms with Crippen molar-refractivity contribution in [1.29, 1.82) is 0 Å². The normalized spacial score (nSPS) is 9.40. The van der Waals surface area contributed by atoms with E-state index in [1.54, 1.807) is 6.20 Å². The quantitative estimate of drug-likeness (QED) is 0.475. The van der Waals surface area contributed by atoms with Gasteiger partial charge in [-0.2, -0.15) is 0 Å². The van der Waals surface area contributed by atoms with E-state index in [4.69, 9.17) is 23.8 Å². The summed E-state index contributed by atoms with van der Waals surface area (Å²) in [4.78, 5) is 4.03. The number of nitrogens with zero attached hydrogens (tertiary/aromatic N) is 1. The van der Waals surface area contributed by atoms with E-state index in [0.29, 0.717) is 4.32 Å². The standard InChI is InChI=1S/C7H6ClNS/c1-5-6(7(8)10)3-2-4-9-5/h2-4H,1H3. The molecule has 1 heterocycles. The average Bonchev–Trinajstić information content (AvgIpc) is 1.88. The van der Waals surface area contributed by atoms with Crippen LogP contribution in [-0.4, -0.2) is 9.31 Å². The molecule has 1 aromatic rings. The lowest BCUT2D eigenvalue weighted by Gasteiger charge is -1.97. The van der Waals surface area contributed by atoms with Crippen molar-refractivity contribution in [3.8, 4) is 0 Å². The Hall–Kier alpha value is -0.470. The van der Waals surface area contributed by atoms with Crippen LogP contribution in [0.3, 0.4) is 0 Å². The van der Waals surface area contributed by atoms with Crippen LogP contribution in [0.1, 0.15) is 11.3 Å². The molecule has 1 rings (SSSR count).